The number of nitrogens with one attached hydrogen (secondary N) is 1. The van der Waals surface area contributed by atoms with Gasteiger partial charge in [-0.25, -0.2) is 8.78 Å². The molecule has 0 aliphatic heterocycles. The molecule has 0 unspecified atom stereocenters. The fourth-order valence-electron chi connectivity index (χ4n) is 1.49. The lowest BCUT2D eigenvalue weighted by atomic mass is 10.2. The molecule has 0 aliphatic rings. The van der Waals surface area contributed by atoms with Crippen LogP contribution in [0.4, 0.5) is 20.2 Å². The van der Waals surface area contributed by atoms with Crippen molar-refractivity contribution in [3.63, 3.8) is 0 Å². The summed E-state index contributed by atoms with van der Waals surface area (Å²) in [5.74, 6) is -1.40. The number of nitrogens with zero attached hydrogens (tertiary/aromatic N) is 1. The Morgan fingerprint density at radius 1 is 1.05 bits per heavy atom. The van der Waals surface area contributed by atoms with Crippen molar-refractivity contribution in [2.75, 3.05) is 5.32 Å². The van der Waals surface area contributed by atoms with Crippen LogP contribution >= 0.6 is 31.9 Å². The molecule has 0 bridgehead atoms. The average Bonchev–Trinajstić information content (AvgIpc) is 2.34. The van der Waals surface area contributed by atoms with E-state index in [1.807, 2.05) is 6.07 Å². The monoisotopic (exact) mass is 386 g/mol. The average molecular weight is 388 g/mol. The topological polar surface area (TPSA) is 35.8 Å². The highest BCUT2D eigenvalue weighted by atomic mass is 79.9. The third kappa shape index (κ3) is 3.11. The van der Waals surface area contributed by atoms with Gasteiger partial charge in [-0.2, -0.15) is 5.26 Å². The van der Waals surface area contributed by atoms with Gasteiger partial charge in [-0.05, 0) is 46.3 Å². The fraction of sp³-hybridized carbons (Fsp3) is 0. The van der Waals surface area contributed by atoms with E-state index in [4.69, 9.17) is 5.26 Å². The summed E-state index contributed by atoms with van der Waals surface area (Å²) in [6.45, 7) is 0. The number of hydrogen-bond acceptors (Lipinski definition) is 2. The van der Waals surface area contributed by atoms with Crippen LogP contribution in [0.3, 0.4) is 0 Å². The molecule has 0 saturated heterocycles. The van der Waals surface area contributed by atoms with Crippen LogP contribution < -0.4 is 5.32 Å². The molecular formula is C13H6Br2F2N2. The Bertz CT molecular complexity index is 658. The number of benzene rings is 2. The van der Waals surface area contributed by atoms with E-state index in [0.29, 0.717) is 20.2 Å². The quantitative estimate of drug-likeness (QED) is 0.777. The number of nitriles is 1. The molecule has 1 N–H and O–H groups in total. The lowest BCUT2D eigenvalue weighted by Gasteiger charge is -2.10. The molecule has 6 heteroatoms. The van der Waals surface area contributed by atoms with Crippen LogP contribution in [-0.2, 0) is 0 Å². The largest absolute Gasteiger partial charge is 0.351 e. The standard InChI is InChI=1S/C13H6Br2F2N2/c14-8-3-11(16)13(12(17)4-8)19-9-2-1-7(6-18)10(15)5-9/h1-5,19H. The Labute approximate surface area is 125 Å². The predicted molar refractivity (Wildman–Crippen MR) is 76.2 cm³/mol. The molecule has 96 valence electrons. The van der Waals surface area contributed by atoms with Crippen LogP contribution in [-0.4, -0.2) is 0 Å². The zero-order valence-corrected chi connectivity index (χ0v) is 12.5. The molecule has 0 fully saturated rings. The first-order valence-corrected chi connectivity index (χ1v) is 6.71. The molecule has 0 atom stereocenters. The zero-order chi connectivity index (χ0) is 14.0. The van der Waals surface area contributed by atoms with Gasteiger partial charge in [0.2, 0.25) is 0 Å². The van der Waals surface area contributed by atoms with Crippen LogP contribution in [0.15, 0.2) is 39.3 Å². The molecule has 19 heavy (non-hydrogen) atoms. The van der Waals surface area contributed by atoms with Crippen LogP contribution in [0.2, 0.25) is 0 Å². The Balaban J connectivity index is 2.37. The second-order valence-electron chi connectivity index (χ2n) is 3.68. The fourth-order valence-corrected chi connectivity index (χ4v) is 2.36. The summed E-state index contributed by atoms with van der Waals surface area (Å²) in [6.07, 6.45) is 0. The highest BCUT2D eigenvalue weighted by Gasteiger charge is 2.11. The molecule has 2 aromatic rings. The van der Waals surface area contributed by atoms with Gasteiger partial charge >= 0.3 is 0 Å². The molecule has 0 amide bonds. The lowest BCUT2D eigenvalue weighted by Crippen LogP contribution is -1.98. The van der Waals surface area contributed by atoms with E-state index >= 15 is 0 Å². The molecule has 2 nitrogen and oxygen atoms in total. The van der Waals surface area contributed by atoms with Gasteiger partial charge in [-0.15, -0.1) is 0 Å². The first kappa shape index (κ1) is 14.0. The minimum absolute atomic E-state index is 0.236. The van der Waals surface area contributed by atoms with Gasteiger partial charge < -0.3 is 5.32 Å². The van der Waals surface area contributed by atoms with Crippen molar-refractivity contribution in [2.24, 2.45) is 0 Å². The Morgan fingerprint density at radius 3 is 2.21 bits per heavy atom. The molecule has 0 radical (unpaired) electrons. The first-order chi connectivity index (χ1) is 9.01. The van der Waals surface area contributed by atoms with Gasteiger partial charge in [-0.3, -0.25) is 0 Å². The predicted octanol–water partition coefficient (Wildman–Crippen LogP) is 5.11. The Hall–Kier alpha value is -1.45. The molecule has 2 rings (SSSR count). The van der Waals surface area contributed by atoms with E-state index in [0.717, 1.165) is 0 Å². The van der Waals surface area contributed by atoms with Crippen molar-refractivity contribution in [3.8, 4) is 6.07 Å². The number of halogens is 4. The number of rotatable bonds is 2. The van der Waals surface area contributed by atoms with Gasteiger partial charge in [0, 0.05) is 14.6 Å². The van der Waals surface area contributed by atoms with Gasteiger partial charge in [0.15, 0.2) is 11.6 Å². The van der Waals surface area contributed by atoms with Crippen molar-refractivity contribution in [3.05, 3.63) is 56.5 Å². The molecule has 0 aromatic heterocycles. The maximum Gasteiger partial charge on any atom is 0.150 e. The second kappa shape index (κ2) is 5.68. The molecule has 0 aliphatic carbocycles. The van der Waals surface area contributed by atoms with Crippen molar-refractivity contribution >= 4 is 43.2 Å². The smallest absolute Gasteiger partial charge is 0.150 e. The van der Waals surface area contributed by atoms with Crippen molar-refractivity contribution < 1.29 is 8.78 Å². The molecule has 0 heterocycles. The van der Waals surface area contributed by atoms with E-state index in [-0.39, 0.29) is 5.69 Å². The van der Waals surface area contributed by atoms with Crippen molar-refractivity contribution in [1.82, 2.24) is 0 Å². The molecular weight excluding hydrogens is 382 g/mol. The van der Waals surface area contributed by atoms with Crippen molar-refractivity contribution in [2.45, 2.75) is 0 Å². The SMILES string of the molecule is N#Cc1ccc(Nc2c(F)cc(Br)cc2F)cc1Br. The van der Waals surface area contributed by atoms with E-state index in [2.05, 4.69) is 37.2 Å². The summed E-state index contributed by atoms with van der Waals surface area (Å²) in [4.78, 5) is 0. The highest BCUT2D eigenvalue weighted by molar-refractivity contribution is 9.10. The number of anilines is 2. The summed E-state index contributed by atoms with van der Waals surface area (Å²) < 4.78 is 28.2. The maximum absolute atomic E-state index is 13.6. The van der Waals surface area contributed by atoms with Gasteiger partial charge in [0.05, 0.1) is 5.56 Å². The van der Waals surface area contributed by atoms with Crippen molar-refractivity contribution in [1.29, 1.82) is 5.26 Å². The molecule has 2 aromatic carbocycles. The van der Waals surface area contributed by atoms with Crippen LogP contribution in [0, 0.1) is 23.0 Å². The van der Waals surface area contributed by atoms with E-state index in [1.54, 1.807) is 18.2 Å². The minimum Gasteiger partial charge on any atom is -0.351 e. The van der Waals surface area contributed by atoms with Crippen LogP contribution in [0.5, 0.6) is 0 Å². The second-order valence-corrected chi connectivity index (χ2v) is 5.45. The Morgan fingerprint density at radius 2 is 1.68 bits per heavy atom. The lowest BCUT2D eigenvalue weighted by molar-refractivity contribution is 0.589. The third-order valence-electron chi connectivity index (χ3n) is 2.37. The summed E-state index contributed by atoms with van der Waals surface area (Å²) in [5, 5.41) is 11.4. The maximum atomic E-state index is 13.6. The molecule has 0 saturated carbocycles. The van der Waals surface area contributed by atoms with Gasteiger partial charge in [0.25, 0.3) is 0 Å². The number of hydrogen-bond donors (Lipinski definition) is 1. The van der Waals surface area contributed by atoms with E-state index in [1.165, 1.54) is 12.1 Å². The summed E-state index contributed by atoms with van der Waals surface area (Å²) in [7, 11) is 0. The normalized spacial score (nSPS) is 10.1. The summed E-state index contributed by atoms with van der Waals surface area (Å²) in [5.41, 5.74) is 0.688. The minimum atomic E-state index is -0.702. The van der Waals surface area contributed by atoms with E-state index < -0.39 is 11.6 Å². The Kier molecular flexibility index (Phi) is 4.17. The zero-order valence-electron chi connectivity index (χ0n) is 9.35. The van der Waals surface area contributed by atoms with E-state index in [9.17, 15) is 8.78 Å². The van der Waals surface area contributed by atoms with Gasteiger partial charge in [-0.1, -0.05) is 15.9 Å². The summed E-state index contributed by atoms with van der Waals surface area (Å²) >= 11 is 6.22. The van der Waals surface area contributed by atoms with Crippen LogP contribution in [0.1, 0.15) is 5.56 Å². The summed E-state index contributed by atoms with van der Waals surface area (Å²) in [6, 6.07) is 9.04. The van der Waals surface area contributed by atoms with Gasteiger partial charge in [0.1, 0.15) is 11.8 Å². The first-order valence-electron chi connectivity index (χ1n) is 5.12. The van der Waals surface area contributed by atoms with Crippen LogP contribution in [0.25, 0.3) is 0 Å². The third-order valence-corrected chi connectivity index (χ3v) is 3.48. The highest BCUT2D eigenvalue weighted by Crippen LogP contribution is 2.28. The molecule has 0 spiro atoms.